The second-order valence-electron chi connectivity index (χ2n) is 1.47. The van der Waals surface area contributed by atoms with Crippen molar-refractivity contribution in [2.45, 2.75) is 6.92 Å². The largest absolute Gasteiger partial charge is 0.361 e. The van der Waals surface area contributed by atoms with E-state index in [1.807, 2.05) is 0 Å². The van der Waals surface area contributed by atoms with E-state index < -0.39 is 11.7 Å². The van der Waals surface area contributed by atoms with Gasteiger partial charge in [0.15, 0.2) is 0 Å². The van der Waals surface area contributed by atoms with Crippen molar-refractivity contribution in [2.24, 2.45) is 0 Å². The minimum absolute atomic E-state index is 0.379. The number of nitrogens with one attached hydrogen (secondary N) is 1. The summed E-state index contributed by atoms with van der Waals surface area (Å²) in [5.74, 6) is -1.62. The number of hydrogen-bond acceptors (Lipinski definition) is 2. The van der Waals surface area contributed by atoms with Crippen LogP contribution in [0.2, 0.25) is 0 Å². The fourth-order valence-corrected chi connectivity index (χ4v) is 0.359. The molecule has 0 radical (unpaired) electrons. The van der Waals surface area contributed by atoms with Gasteiger partial charge in [0, 0.05) is 6.54 Å². The lowest BCUT2D eigenvalue weighted by Crippen LogP contribution is -2.31. The number of likely N-dealkylation sites (N-methyl/N-ethyl adjacent to an activating group) is 1. The molecular weight excluding hydrogens is 134 g/mol. The third-order valence-corrected chi connectivity index (χ3v) is 0.736. The Labute approximate surface area is 57.7 Å². The summed E-state index contributed by atoms with van der Waals surface area (Å²) in [6.45, 7) is 2.06. The van der Waals surface area contributed by atoms with Crippen molar-refractivity contribution in [3.63, 3.8) is 0 Å². The molecule has 0 spiro atoms. The van der Waals surface area contributed by atoms with Gasteiger partial charge in [0.05, 0.1) is 0 Å². The van der Waals surface area contributed by atoms with E-state index in [2.05, 4.69) is 10.1 Å². The van der Waals surface area contributed by atoms with Crippen LogP contribution in [0.4, 0.5) is 0 Å². The third kappa shape index (κ3) is 2.74. The molecule has 0 saturated carbocycles. The molecule has 0 aromatic heterocycles. The summed E-state index contributed by atoms with van der Waals surface area (Å²) >= 11 is 0. The molecule has 0 heterocycles. The van der Waals surface area contributed by atoms with Crippen LogP contribution in [0.1, 0.15) is 6.92 Å². The summed E-state index contributed by atoms with van der Waals surface area (Å²) in [5, 5.41) is 2.24. The molecule has 10 heavy (non-hydrogen) atoms. The molecule has 0 atom stereocenters. The van der Waals surface area contributed by atoms with Gasteiger partial charge in [-0.05, 0) is 6.92 Å². The summed E-state index contributed by atoms with van der Waals surface area (Å²) in [7, 11) is 0. The molecule has 0 rings (SSSR count). The van der Waals surface area contributed by atoms with Crippen LogP contribution in [0.25, 0.3) is 5.53 Å². The number of carbonyl (C=O) groups excluding carboxylic acids is 2. The van der Waals surface area contributed by atoms with Gasteiger partial charge in [0.25, 0.3) is 5.91 Å². The molecule has 1 N–H and O–H groups in total. The summed E-state index contributed by atoms with van der Waals surface area (Å²) in [4.78, 5) is 23.3. The highest BCUT2D eigenvalue weighted by atomic mass is 16.2. The zero-order chi connectivity index (χ0) is 7.98. The molecule has 5 nitrogen and oxygen atoms in total. The highest BCUT2D eigenvalue weighted by Gasteiger charge is 2.12. The van der Waals surface area contributed by atoms with Gasteiger partial charge in [-0.25, -0.2) is 0 Å². The molecule has 0 aliphatic rings. The maximum Gasteiger partial charge on any atom is 0.333 e. The molecule has 1 amide bonds. The monoisotopic (exact) mass is 141 g/mol. The number of hydrogen-bond donors (Lipinski definition) is 1. The molecule has 0 aliphatic heterocycles. The van der Waals surface area contributed by atoms with Gasteiger partial charge in [-0.2, -0.15) is 4.79 Å². The number of ketones is 1. The molecule has 0 aromatic rings. The smallest absolute Gasteiger partial charge is 0.333 e. The average molecular weight is 141 g/mol. The Kier molecular flexibility index (Phi) is 3.75. The Morgan fingerprint density at radius 1 is 1.70 bits per heavy atom. The molecule has 54 valence electrons. The maximum atomic E-state index is 10.5. The summed E-state index contributed by atoms with van der Waals surface area (Å²) in [5.41, 5.74) is 7.82. The second kappa shape index (κ2) is 4.40. The predicted octanol–water partition coefficient (Wildman–Crippen LogP) is -1.01. The van der Waals surface area contributed by atoms with Crippen LogP contribution in [-0.2, 0) is 9.59 Å². The summed E-state index contributed by atoms with van der Waals surface area (Å²) < 4.78 is 0. The first-order chi connectivity index (χ1) is 4.72. The minimum atomic E-state index is -0.857. The van der Waals surface area contributed by atoms with E-state index in [1.54, 1.807) is 6.92 Å². The minimum Gasteiger partial charge on any atom is -0.361 e. The SMILES string of the molecule is CCNC(=O)C(=O)C=[N+]=[N-]. The zero-order valence-electron chi connectivity index (χ0n) is 5.50. The van der Waals surface area contributed by atoms with Gasteiger partial charge in [-0.15, -0.1) is 0 Å². The van der Waals surface area contributed by atoms with Crippen LogP contribution < -0.4 is 5.32 Å². The van der Waals surface area contributed by atoms with Crippen LogP contribution in [0, 0.1) is 0 Å². The van der Waals surface area contributed by atoms with Crippen LogP contribution in [0.15, 0.2) is 0 Å². The molecule has 0 fully saturated rings. The fourth-order valence-electron chi connectivity index (χ4n) is 0.359. The lowest BCUT2D eigenvalue weighted by atomic mass is 10.4. The van der Waals surface area contributed by atoms with Crippen LogP contribution in [0.5, 0.6) is 0 Å². The maximum absolute atomic E-state index is 10.5. The van der Waals surface area contributed by atoms with E-state index >= 15 is 0 Å². The first kappa shape index (κ1) is 8.52. The van der Waals surface area contributed by atoms with E-state index in [-0.39, 0.29) is 0 Å². The first-order valence-corrected chi connectivity index (χ1v) is 2.72. The Bertz CT molecular complexity index is 193. The van der Waals surface area contributed by atoms with Crippen LogP contribution in [0.3, 0.4) is 0 Å². The number of nitrogens with zero attached hydrogens (tertiary/aromatic N) is 2. The van der Waals surface area contributed by atoms with Gasteiger partial charge < -0.3 is 10.8 Å². The average Bonchev–Trinajstić information content (AvgIpc) is 1.89. The Morgan fingerprint density at radius 3 is 2.70 bits per heavy atom. The van der Waals surface area contributed by atoms with Crippen LogP contribution in [-0.4, -0.2) is 29.2 Å². The first-order valence-electron chi connectivity index (χ1n) is 2.72. The molecule has 0 aromatic carbocycles. The van der Waals surface area contributed by atoms with Gasteiger partial charge in [-0.1, -0.05) is 0 Å². The summed E-state index contributed by atoms with van der Waals surface area (Å²) in [6.07, 6.45) is 0.547. The Hall–Kier alpha value is -1.48. The Morgan fingerprint density at radius 2 is 2.30 bits per heavy atom. The van der Waals surface area contributed by atoms with Crippen molar-refractivity contribution < 1.29 is 14.4 Å². The highest BCUT2D eigenvalue weighted by Crippen LogP contribution is 1.65. The number of amides is 1. The van der Waals surface area contributed by atoms with Gasteiger partial charge in [0.1, 0.15) is 0 Å². The van der Waals surface area contributed by atoms with Gasteiger partial charge in [0.2, 0.25) is 0 Å². The van der Waals surface area contributed by atoms with Crippen molar-refractivity contribution in [3.05, 3.63) is 5.53 Å². The lowest BCUT2D eigenvalue weighted by molar-refractivity contribution is -0.135. The quantitative estimate of drug-likeness (QED) is 0.236. The van der Waals surface area contributed by atoms with Crippen molar-refractivity contribution in [3.8, 4) is 0 Å². The van der Waals surface area contributed by atoms with E-state index in [9.17, 15) is 9.59 Å². The standard InChI is InChI=1S/C5H7N3O2/c1-2-7-5(10)4(9)3-8-6/h3H,2H2,1H3,(H,7,10). The van der Waals surface area contributed by atoms with Crippen molar-refractivity contribution >= 4 is 17.9 Å². The number of carbonyl (C=O) groups is 2. The van der Waals surface area contributed by atoms with E-state index in [0.29, 0.717) is 12.8 Å². The van der Waals surface area contributed by atoms with Crippen molar-refractivity contribution in [1.82, 2.24) is 5.32 Å². The van der Waals surface area contributed by atoms with Crippen molar-refractivity contribution in [2.75, 3.05) is 6.54 Å². The van der Waals surface area contributed by atoms with E-state index in [1.165, 1.54) is 0 Å². The van der Waals surface area contributed by atoms with E-state index in [4.69, 9.17) is 5.53 Å². The Balaban J connectivity index is 3.95. The third-order valence-electron chi connectivity index (χ3n) is 0.736. The fraction of sp³-hybridized carbons (Fsp3) is 0.400. The molecule has 0 saturated heterocycles. The number of rotatable bonds is 3. The van der Waals surface area contributed by atoms with Crippen LogP contribution >= 0.6 is 0 Å². The molecule has 0 aliphatic carbocycles. The lowest BCUT2D eigenvalue weighted by Gasteiger charge is -1.91. The highest BCUT2D eigenvalue weighted by molar-refractivity contribution is 6.57. The second-order valence-corrected chi connectivity index (χ2v) is 1.47. The van der Waals surface area contributed by atoms with Crippen molar-refractivity contribution in [1.29, 1.82) is 0 Å². The number of Topliss-reactive ketones (excluding diaryl/α,β-unsaturated/α-hetero) is 1. The van der Waals surface area contributed by atoms with Gasteiger partial charge >= 0.3 is 12.0 Å². The summed E-state index contributed by atoms with van der Waals surface area (Å²) in [6, 6.07) is 0. The molecule has 0 bridgehead atoms. The zero-order valence-corrected chi connectivity index (χ0v) is 5.50. The molecular formula is C5H7N3O2. The predicted molar refractivity (Wildman–Crippen MR) is 33.4 cm³/mol. The molecule has 5 heteroatoms. The van der Waals surface area contributed by atoms with E-state index in [0.717, 1.165) is 0 Å². The van der Waals surface area contributed by atoms with Gasteiger partial charge in [-0.3, -0.25) is 9.59 Å². The molecule has 0 unspecified atom stereocenters. The topological polar surface area (TPSA) is 82.6 Å². The normalized spacial score (nSPS) is 7.70.